The molecule has 0 aliphatic heterocycles. The third-order valence-electron chi connectivity index (χ3n) is 2.20. The molecule has 0 fully saturated rings. The van der Waals surface area contributed by atoms with Crippen LogP contribution in [0.25, 0.3) is 10.9 Å². The highest BCUT2D eigenvalue weighted by Gasteiger charge is 2.11. The molecule has 5 heteroatoms. The Morgan fingerprint density at radius 2 is 1.93 bits per heavy atom. The molecule has 2 aromatic rings. The number of rotatable bonds is 0. The average molecular weight is 207 g/mol. The molecule has 0 amide bonds. The van der Waals surface area contributed by atoms with Gasteiger partial charge in [0.25, 0.3) is 0 Å². The lowest BCUT2D eigenvalue weighted by molar-refractivity contribution is 0.191. The summed E-state index contributed by atoms with van der Waals surface area (Å²) >= 11 is 0. The van der Waals surface area contributed by atoms with Crippen LogP contribution in [0.3, 0.4) is 0 Å². The fraction of sp³-hybridized carbons (Fsp3) is 0.200. The Labute approximate surface area is 84.1 Å². The maximum atomic E-state index is 11.5. The Balaban J connectivity index is 3.17. The van der Waals surface area contributed by atoms with E-state index in [1.807, 2.05) is 0 Å². The second-order valence-electron chi connectivity index (χ2n) is 3.37. The first-order chi connectivity index (χ1) is 7.00. The van der Waals surface area contributed by atoms with E-state index >= 15 is 0 Å². The Morgan fingerprint density at radius 3 is 2.60 bits per heavy atom. The van der Waals surface area contributed by atoms with Crippen LogP contribution in [0.1, 0.15) is 11.5 Å². The SMILES string of the molecule is Cc1cc2c(c(=O)cc(C)n2O)c(=O)o1. The summed E-state index contributed by atoms with van der Waals surface area (Å²) in [6.45, 7) is 3.15. The van der Waals surface area contributed by atoms with Gasteiger partial charge in [0.1, 0.15) is 16.7 Å². The second kappa shape index (κ2) is 2.98. The van der Waals surface area contributed by atoms with E-state index < -0.39 is 11.1 Å². The zero-order valence-corrected chi connectivity index (χ0v) is 8.27. The van der Waals surface area contributed by atoms with Gasteiger partial charge in [-0.05, 0) is 13.8 Å². The van der Waals surface area contributed by atoms with Crippen molar-refractivity contribution in [3.8, 4) is 0 Å². The predicted octanol–water partition coefficient (Wildman–Crippen LogP) is 0.809. The molecule has 0 aromatic carbocycles. The van der Waals surface area contributed by atoms with E-state index in [2.05, 4.69) is 0 Å². The molecule has 0 unspecified atom stereocenters. The minimum atomic E-state index is -0.724. The molecule has 0 bridgehead atoms. The number of fused-ring (bicyclic) bond motifs is 1. The van der Waals surface area contributed by atoms with Crippen molar-refractivity contribution in [1.82, 2.24) is 4.73 Å². The summed E-state index contributed by atoms with van der Waals surface area (Å²) in [4.78, 5) is 22.9. The van der Waals surface area contributed by atoms with Crippen LogP contribution >= 0.6 is 0 Å². The summed E-state index contributed by atoms with van der Waals surface area (Å²) in [5, 5.41) is 9.50. The van der Waals surface area contributed by atoms with Crippen LogP contribution in [-0.2, 0) is 0 Å². The van der Waals surface area contributed by atoms with Gasteiger partial charge in [-0.25, -0.2) is 4.79 Å². The molecule has 2 rings (SSSR count). The van der Waals surface area contributed by atoms with Crippen molar-refractivity contribution in [3.63, 3.8) is 0 Å². The number of pyridine rings is 1. The van der Waals surface area contributed by atoms with Crippen LogP contribution in [0.4, 0.5) is 0 Å². The van der Waals surface area contributed by atoms with E-state index in [0.29, 0.717) is 11.5 Å². The maximum Gasteiger partial charge on any atom is 0.349 e. The quantitative estimate of drug-likeness (QED) is 0.649. The van der Waals surface area contributed by atoms with Gasteiger partial charge < -0.3 is 9.62 Å². The van der Waals surface area contributed by atoms with Gasteiger partial charge >= 0.3 is 5.63 Å². The summed E-state index contributed by atoms with van der Waals surface area (Å²) < 4.78 is 5.59. The van der Waals surface area contributed by atoms with Gasteiger partial charge in [0.05, 0.1) is 5.69 Å². The van der Waals surface area contributed by atoms with Gasteiger partial charge in [0.2, 0.25) is 0 Å². The van der Waals surface area contributed by atoms with Crippen molar-refractivity contribution >= 4 is 10.9 Å². The average Bonchev–Trinajstić information content (AvgIpc) is 2.12. The van der Waals surface area contributed by atoms with Crippen LogP contribution in [-0.4, -0.2) is 9.94 Å². The smallest absolute Gasteiger partial charge is 0.349 e. The molecule has 78 valence electrons. The maximum absolute atomic E-state index is 11.5. The Kier molecular flexibility index (Phi) is 1.89. The lowest BCUT2D eigenvalue weighted by Gasteiger charge is -2.06. The molecule has 0 aliphatic rings. The van der Waals surface area contributed by atoms with Crippen molar-refractivity contribution in [2.75, 3.05) is 0 Å². The molecule has 0 spiro atoms. The second-order valence-corrected chi connectivity index (χ2v) is 3.37. The third kappa shape index (κ3) is 1.32. The largest absolute Gasteiger partial charge is 0.428 e. The first-order valence-corrected chi connectivity index (χ1v) is 4.37. The highest BCUT2D eigenvalue weighted by Crippen LogP contribution is 2.09. The topological polar surface area (TPSA) is 72.4 Å². The summed E-state index contributed by atoms with van der Waals surface area (Å²) in [7, 11) is 0. The first kappa shape index (κ1) is 9.51. The van der Waals surface area contributed by atoms with E-state index in [1.165, 1.54) is 12.1 Å². The van der Waals surface area contributed by atoms with Gasteiger partial charge in [-0.1, -0.05) is 0 Å². The van der Waals surface area contributed by atoms with Gasteiger partial charge in [0, 0.05) is 12.1 Å². The highest BCUT2D eigenvalue weighted by molar-refractivity contribution is 5.77. The minimum Gasteiger partial charge on any atom is -0.428 e. The Morgan fingerprint density at radius 1 is 1.27 bits per heavy atom. The van der Waals surface area contributed by atoms with E-state index in [9.17, 15) is 14.8 Å². The van der Waals surface area contributed by atoms with Crippen LogP contribution in [0, 0.1) is 13.8 Å². The summed E-state index contributed by atoms with van der Waals surface area (Å²) in [6.07, 6.45) is 0. The molecule has 5 nitrogen and oxygen atoms in total. The molecule has 2 aromatic heterocycles. The highest BCUT2D eigenvalue weighted by atomic mass is 16.5. The van der Waals surface area contributed by atoms with Gasteiger partial charge in [0.15, 0.2) is 5.43 Å². The molecule has 2 heterocycles. The molecule has 0 atom stereocenters. The van der Waals surface area contributed by atoms with E-state index in [4.69, 9.17) is 4.42 Å². The molecule has 1 N–H and O–H groups in total. The monoisotopic (exact) mass is 207 g/mol. The molecular formula is C10H9NO4. The van der Waals surface area contributed by atoms with E-state index in [-0.39, 0.29) is 10.9 Å². The summed E-state index contributed by atoms with van der Waals surface area (Å²) in [5.41, 5.74) is -0.620. The molecule has 0 radical (unpaired) electrons. The normalized spacial score (nSPS) is 10.8. The lowest BCUT2D eigenvalue weighted by Crippen LogP contribution is -2.17. The van der Waals surface area contributed by atoms with E-state index in [1.54, 1.807) is 13.8 Å². The van der Waals surface area contributed by atoms with Crippen molar-refractivity contribution < 1.29 is 9.62 Å². The standard InChI is InChI=1S/C10H9NO4/c1-5-3-8(12)9-7(11(5)14)4-6(2)15-10(9)13/h3-4,14H,1-2H3. The van der Waals surface area contributed by atoms with Gasteiger partial charge in [-0.3, -0.25) is 4.79 Å². The Hall–Kier alpha value is -2.04. The van der Waals surface area contributed by atoms with Crippen molar-refractivity contribution in [2.24, 2.45) is 0 Å². The van der Waals surface area contributed by atoms with Gasteiger partial charge in [-0.15, -0.1) is 0 Å². The molecule has 15 heavy (non-hydrogen) atoms. The van der Waals surface area contributed by atoms with E-state index in [0.717, 1.165) is 4.73 Å². The molecular weight excluding hydrogens is 198 g/mol. The first-order valence-electron chi connectivity index (χ1n) is 4.37. The lowest BCUT2D eigenvalue weighted by atomic mass is 10.2. The van der Waals surface area contributed by atoms with Crippen LogP contribution in [0.5, 0.6) is 0 Å². The van der Waals surface area contributed by atoms with Crippen molar-refractivity contribution in [2.45, 2.75) is 13.8 Å². The molecule has 0 saturated carbocycles. The number of hydrogen-bond donors (Lipinski definition) is 1. The molecule has 0 saturated heterocycles. The van der Waals surface area contributed by atoms with Crippen LogP contribution < -0.4 is 11.1 Å². The van der Waals surface area contributed by atoms with Crippen LogP contribution in [0.2, 0.25) is 0 Å². The molecule has 0 aliphatic carbocycles. The fourth-order valence-corrected chi connectivity index (χ4v) is 1.50. The summed E-state index contributed by atoms with van der Waals surface area (Å²) in [5.74, 6) is 0.348. The van der Waals surface area contributed by atoms with Crippen molar-refractivity contribution in [1.29, 1.82) is 0 Å². The predicted molar refractivity (Wildman–Crippen MR) is 53.4 cm³/mol. The fourth-order valence-electron chi connectivity index (χ4n) is 1.50. The van der Waals surface area contributed by atoms with Gasteiger partial charge in [-0.2, -0.15) is 4.73 Å². The third-order valence-corrected chi connectivity index (χ3v) is 2.20. The zero-order valence-electron chi connectivity index (χ0n) is 8.27. The minimum absolute atomic E-state index is 0.131. The van der Waals surface area contributed by atoms with Crippen LogP contribution in [0.15, 0.2) is 26.1 Å². The Bertz CT molecular complexity index is 637. The summed E-state index contributed by atoms with van der Waals surface area (Å²) in [6, 6.07) is 2.64. The number of aromatic nitrogens is 1. The zero-order chi connectivity index (χ0) is 11.2. The number of hydrogen-bond acceptors (Lipinski definition) is 4. The number of nitrogens with zero attached hydrogens (tertiary/aromatic N) is 1. The number of aryl methyl sites for hydroxylation is 2. The van der Waals surface area contributed by atoms with Crippen molar-refractivity contribution in [3.05, 3.63) is 44.2 Å².